The lowest BCUT2D eigenvalue weighted by Gasteiger charge is -2.27. The molecule has 6 heteroatoms. The van der Waals surface area contributed by atoms with E-state index in [1.54, 1.807) is 6.92 Å². The van der Waals surface area contributed by atoms with Crippen molar-refractivity contribution in [2.24, 2.45) is 11.3 Å². The quantitative estimate of drug-likeness (QED) is 0.762. The Morgan fingerprint density at radius 3 is 2.40 bits per heavy atom. The second kappa shape index (κ2) is 4.28. The molecule has 88 valence electrons. The van der Waals surface area contributed by atoms with Crippen molar-refractivity contribution in [2.75, 3.05) is 19.6 Å². The summed E-state index contributed by atoms with van der Waals surface area (Å²) in [6.45, 7) is 4.51. The summed E-state index contributed by atoms with van der Waals surface area (Å²) in [6.07, 6.45) is 0.553. The molecule has 1 saturated heterocycles. The van der Waals surface area contributed by atoms with E-state index in [-0.39, 0.29) is 18.3 Å². The maximum absolute atomic E-state index is 11.7. The average Bonchev–Trinajstić information content (AvgIpc) is 2.49. The number of carbonyl (C=O) groups is 1. The van der Waals surface area contributed by atoms with E-state index in [1.165, 1.54) is 0 Å². The first-order chi connectivity index (χ1) is 6.46. The predicted molar refractivity (Wildman–Crippen MR) is 63.8 cm³/mol. The van der Waals surface area contributed by atoms with Crippen molar-refractivity contribution >= 4 is 41.5 Å². The van der Waals surface area contributed by atoms with Gasteiger partial charge in [-0.25, -0.2) is 0 Å². The van der Waals surface area contributed by atoms with Gasteiger partial charge in [-0.05, 0) is 13.3 Å². The molecular formula is C9H15Cl3N2O. The van der Waals surface area contributed by atoms with Crippen LogP contribution in [0.3, 0.4) is 0 Å². The number of carbonyl (C=O) groups excluding carboxylic acids is 1. The maximum atomic E-state index is 11.7. The maximum Gasteiger partial charge on any atom is 0.229 e. The zero-order valence-electron chi connectivity index (χ0n) is 8.48. The lowest BCUT2D eigenvalue weighted by molar-refractivity contribution is -0.126. The molecule has 15 heavy (non-hydrogen) atoms. The van der Waals surface area contributed by atoms with Crippen LogP contribution >= 0.6 is 35.6 Å². The molecule has 1 aliphatic heterocycles. The van der Waals surface area contributed by atoms with Crippen LogP contribution in [0.4, 0.5) is 0 Å². The van der Waals surface area contributed by atoms with Crippen LogP contribution in [-0.4, -0.2) is 29.9 Å². The third-order valence-electron chi connectivity index (χ3n) is 3.18. The molecular weight excluding hydrogens is 258 g/mol. The molecule has 0 spiro atoms. The van der Waals surface area contributed by atoms with E-state index in [2.05, 4.69) is 10.6 Å². The highest BCUT2D eigenvalue weighted by Gasteiger charge is 2.67. The summed E-state index contributed by atoms with van der Waals surface area (Å²) in [5, 5.41) is 6.05. The van der Waals surface area contributed by atoms with E-state index >= 15 is 0 Å². The summed E-state index contributed by atoms with van der Waals surface area (Å²) >= 11 is 11.8. The number of amides is 1. The molecule has 0 bridgehead atoms. The van der Waals surface area contributed by atoms with Gasteiger partial charge in [0.15, 0.2) is 0 Å². The Balaban J connectivity index is 0.00000112. The minimum absolute atomic E-state index is 0. The first-order valence-electron chi connectivity index (χ1n) is 4.82. The van der Waals surface area contributed by atoms with Crippen LogP contribution in [0, 0.1) is 11.3 Å². The monoisotopic (exact) mass is 272 g/mol. The first kappa shape index (κ1) is 13.4. The highest BCUT2D eigenvalue weighted by Crippen LogP contribution is 2.63. The van der Waals surface area contributed by atoms with Crippen molar-refractivity contribution in [3.8, 4) is 0 Å². The molecule has 0 aromatic rings. The Morgan fingerprint density at radius 1 is 1.53 bits per heavy atom. The fourth-order valence-corrected chi connectivity index (χ4v) is 2.28. The van der Waals surface area contributed by atoms with Gasteiger partial charge in [-0.2, -0.15) is 0 Å². The zero-order valence-corrected chi connectivity index (χ0v) is 10.8. The molecule has 1 amide bonds. The average molecular weight is 274 g/mol. The fourth-order valence-electron chi connectivity index (χ4n) is 1.57. The van der Waals surface area contributed by atoms with Crippen molar-refractivity contribution in [1.29, 1.82) is 0 Å². The van der Waals surface area contributed by atoms with Gasteiger partial charge in [0.25, 0.3) is 0 Å². The Labute approximate surface area is 106 Å². The molecule has 2 aliphatic rings. The van der Waals surface area contributed by atoms with Crippen LogP contribution in [-0.2, 0) is 4.79 Å². The number of hydrogen-bond acceptors (Lipinski definition) is 2. The van der Waals surface area contributed by atoms with E-state index < -0.39 is 9.75 Å². The van der Waals surface area contributed by atoms with Crippen LogP contribution in [0.15, 0.2) is 0 Å². The smallest absolute Gasteiger partial charge is 0.229 e. The largest absolute Gasteiger partial charge is 0.355 e. The Hall–Kier alpha value is 0.300. The molecule has 1 unspecified atom stereocenters. The van der Waals surface area contributed by atoms with Crippen LogP contribution in [0.5, 0.6) is 0 Å². The minimum Gasteiger partial charge on any atom is -0.355 e. The number of hydrogen-bond donors (Lipinski definition) is 2. The topological polar surface area (TPSA) is 41.1 Å². The van der Waals surface area contributed by atoms with Crippen LogP contribution in [0.25, 0.3) is 0 Å². The second-order valence-corrected chi connectivity index (χ2v) is 5.93. The summed E-state index contributed by atoms with van der Waals surface area (Å²) in [6, 6.07) is 0. The van der Waals surface area contributed by atoms with E-state index in [0.717, 1.165) is 19.6 Å². The molecule has 0 radical (unpaired) electrons. The van der Waals surface area contributed by atoms with Crippen LogP contribution in [0.1, 0.15) is 13.3 Å². The summed E-state index contributed by atoms with van der Waals surface area (Å²) in [5.74, 6) is 0.552. The molecule has 1 aliphatic carbocycles. The van der Waals surface area contributed by atoms with Gasteiger partial charge in [0.2, 0.25) is 5.91 Å². The van der Waals surface area contributed by atoms with Gasteiger partial charge >= 0.3 is 0 Å². The number of rotatable bonds is 3. The third-order valence-corrected chi connectivity index (χ3v) is 4.28. The van der Waals surface area contributed by atoms with E-state index in [9.17, 15) is 4.79 Å². The molecule has 1 heterocycles. The van der Waals surface area contributed by atoms with Crippen LogP contribution in [0.2, 0.25) is 0 Å². The zero-order chi connectivity index (χ0) is 10.4. The summed E-state index contributed by atoms with van der Waals surface area (Å²) in [4.78, 5) is 11.7. The molecule has 2 rings (SSSR count). The first-order valence-corrected chi connectivity index (χ1v) is 5.58. The van der Waals surface area contributed by atoms with Crippen molar-refractivity contribution in [3.63, 3.8) is 0 Å². The van der Waals surface area contributed by atoms with Crippen molar-refractivity contribution in [1.82, 2.24) is 10.6 Å². The van der Waals surface area contributed by atoms with Gasteiger partial charge in [-0.1, -0.05) is 0 Å². The second-order valence-electron chi connectivity index (χ2n) is 4.45. The van der Waals surface area contributed by atoms with Crippen molar-refractivity contribution < 1.29 is 4.79 Å². The normalized spacial score (nSPS) is 32.5. The highest BCUT2D eigenvalue weighted by molar-refractivity contribution is 6.53. The Kier molecular flexibility index (Phi) is 3.82. The van der Waals surface area contributed by atoms with Gasteiger partial charge in [-0.3, -0.25) is 4.79 Å². The van der Waals surface area contributed by atoms with E-state index in [4.69, 9.17) is 23.2 Å². The lowest BCUT2D eigenvalue weighted by atomic mass is 10.0. The third kappa shape index (κ3) is 2.36. The van der Waals surface area contributed by atoms with Crippen LogP contribution < -0.4 is 10.6 Å². The molecule has 1 saturated carbocycles. The van der Waals surface area contributed by atoms with E-state index in [0.29, 0.717) is 12.3 Å². The lowest BCUT2D eigenvalue weighted by Crippen LogP contribution is -2.49. The number of alkyl halides is 2. The number of nitrogens with one attached hydrogen (secondary N) is 2. The molecule has 0 aromatic carbocycles. The van der Waals surface area contributed by atoms with Gasteiger partial charge < -0.3 is 10.6 Å². The molecule has 2 fully saturated rings. The molecule has 2 N–H and O–H groups in total. The standard InChI is InChI=1S/C9H14Cl2N2O.ClH/c1-8(5-9(8,10)11)7(14)13-4-6-2-12-3-6;/h6,12H,2-5H2,1H3,(H,13,14);1H. The SMILES string of the molecule is CC1(C(=O)NCC2CNC2)CC1(Cl)Cl.Cl. The van der Waals surface area contributed by atoms with Gasteiger partial charge in [0, 0.05) is 25.6 Å². The minimum atomic E-state index is -0.852. The fraction of sp³-hybridized carbons (Fsp3) is 0.889. The van der Waals surface area contributed by atoms with Gasteiger partial charge in [-0.15, -0.1) is 35.6 Å². The summed E-state index contributed by atoms with van der Waals surface area (Å²) in [5.41, 5.74) is -0.576. The molecule has 3 nitrogen and oxygen atoms in total. The summed E-state index contributed by atoms with van der Waals surface area (Å²) < 4.78 is -0.852. The summed E-state index contributed by atoms with van der Waals surface area (Å²) in [7, 11) is 0. The molecule has 1 atom stereocenters. The Bertz CT molecular complexity index is 268. The highest BCUT2D eigenvalue weighted by atomic mass is 35.5. The van der Waals surface area contributed by atoms with Crippen molar-refractivity contribution in [3.05, 3.63) is 0 Å². The number of halogens is 3. The van der Waals surface area contributed by atoms with Crippen molar-refractivity contribution in [2.45, 2.75) is 17.7 Å². The van der Waals surface area contributed by atoms with E-state index in [1.807, 2.05) is 0 Å². The Morgan fingerprint density at radius 2 is 2.07 bits per heavy atom. The molecule has 0 aromatic heterocycles. The van der Waals surface area contributed by atoms with Gasteiger partial charge in [0.05, 0.1) is 5.41 Å². The predicted octanol–water partition coefficient (Wildman–Crippen LogP) is 1.33. The van der Waals surface area contributed by atoms with Gasteiger partial charge in [0.1, 0.15) is 4.33 Å².